The van der Waals surface area contributed by atoms with E-state index < -0.39 is 5.54 Å². The zero-order chi connectivity index (χ0) is 12.0. The summed E-state index contributed by atoms with van der Waals surface area (Å²) < 4.78 is 5.10. The van der Waals surface area contributed by atoms with Crippen LogP contribution in [0.15, 0.2) is 6.33 Å². The molecule has 0 spiro atoms. The molecule has 0 radical (unpaired) electrons. The Labute approximate surface area is 98.8 Å². The van der Waals surface area contributed by atoms with Crippen molar-refractivity contribution < 1.29 is 9.53 Å². The molecule has 3 rings (SSSR count). The van der Waals surface area contributed by atoms with Crippen molar-refractivity contribution in [1.82, 2.24) is 9.97 Å². The summed E-state index contributed by atoms with van der Waals surface area (Å²) in [5.74, 6) is 1.36. The molecule has 2 N–H and O–H groups in total. The molecule has 1 unspecified atom stereocenters. The van der Waals surface area contributed by atoms with Gasteiger partial charge in [-0.1, -0.05) is 0 Å². The van der Waals surface area contributed by atoms with Gasteiger partial charge in [-0.15, -0.1) is 0 Å². The molecule has 1 aromatic heterocycles. The molecule has 1 aliphatic carbocycles. The maximum Gasteiger partial charge on any atom is 0.250 e. The van der Waals surface area contributed by atoms with Crippen molar-refractivity contribution in [1.29, 1.82) is 0 Å². The van der Waals surface area contributed by atoms with Crippen LogP contribution in [0, 0.1) is 5.92 Å². The largest absolute Gasteiger partial charge is 0.479 e. The number of anilines is 2. The predicted molar refractivity (Wildman–Crippen MR) is 62.0 cm³/mol. The van der Waals surface area contributed by atoms with E-state index in [1.165, 1.54) is 13.4 Å². The maximum atomic E-state index is 12.1. The van der Waals surface area contributed by atoms with Crippen molar-refractivity contribution in [2.45, 2.75) is 25.3 Å². The van der Waals surface area contributed by atoms with Crippen LogP contribution in [0.4, 0.5) is 11.5 Å². The summed E-state index contributed by atoms with van der Waals surface area (Å²) in [4.78, 5) is 20.3. The Balaban J connectivity index is 2.03. The fourth-order valence-corrected chi connectivity index (χ4v) is 2.23. The summed E-state index contributed by atoms with van der Waals surface area (Å²) in [6.45, 7) is 1.91. The molecular weight excluding hydrogens is 220 g/mol. The number of fused-ring (bicyclic) bond motifs is 1. The summed E-state index contributed by atoms with van der Waals surface area (Å²) in [5.41, 5.74) is -0.0371. The molecule has 1 aromatic rings. The van der Waals surface area contributed by atoms with Gasteiger partial charge < -0.3 is 15.4 Å². The van der Waals surface area contributed by atoms with Gasteiger partial charge in [0.2, 0.25) is 11.8 Å². The van der Waals surface area contributed by atoms with Crippen LogP contribution in [-0.4, -0.2) is 28.5 Å². The molecule has 2 heterocycles. The smallest absolute Gasteiger partial charge is 0.250 e. The van der Waals surface area contributed by atoms with Gasteiger partial charge >= 0.3 is 0 Å². The highest BCUT2D eigenvalue weighted by atomic mass is 16.5. The lowest BCUT2D eigenvalue weighted by Crippen LogP contribution is -2.52. The Morgan fingerprint density at radius 2 is 2.24 bits per heavy atom. The number of rotatable bonds is 2. The average Bonchev–Trinajstić information content (AvgIpc) is 3.14. The van der Waals surface area contributed by atoms with E-state index in [1.54, 1.807) is 0 Å². The van der Waals surface area contributed by atoms with E-state index >= 15 is 0 Å². The number of ether oxygens (including phenoxy) is 1. The lowest BCUT2D eigenvalue weighted by atomic mass is 9.92. The number of methoxy groups -OCH3 is 1. The Morgan fingerprint density at radius 3 is 2.88 bits per heavy atom. The number of aromatic nitrogens is 2. The second-order valence-electron chi connectivity index (χ2n) is 4.66. The average molecular weight is 234 g/mol. The lowest BCUT2D eigenvalue weighted by molar-refractivity contribution is -0.120. The third-order valence-corrected chi connectivity index (χ3v) is 3.49. The molecule has 1 fully saturated rings. The van der Waals surface area contributed by atoms with Gasteiger partial charge in [-0.2, -0.15) is 4.98 Å². The first-order chi connectivity index (χ1) is 8.15. The molecule has 0 saturated heterocycles. The van der Waals surface area contributed by atoms with Crippen molar-refractivity contribution in [3.05, 3.63) is 6.33 Å². The van der Waals surface area contributed by atoms with E-state index in [0.717, 1.165) is 12.8 Å². The van der Waals surface area contributed by atoms with Crippen LogP contribution in [0.5, 0.6) is 5.88 Å². The summed E-state index contributed by atoms with van der Waals surface area (Å²) in [6, 6.07) is 0. The van der Waals surface area contributed by atoms with E-state index in [0.29, 0.717) is 23.3 Å². The van der Waals surface area contributed by atoms with E-state index in [4.69, 9.17) is 4.74 Å². The topological polar surface area (TPSA) is 76.1 Å². The highest BCUT2D eigenvalue weighted by Gasteiger charge is 2.50. The fourth-order valence-electron chi connectivity index (χ4n) is 2.23. The number of nitrogens with one attached hydrogen (secondary N) is 2. The highest BCUT2D eigenvalue weighted by molar-refractivity contribution is 6.06. The normalized spacial score (nSPS) is 26.8. The van der Waals surface area contributed by atoms with E-state index in [9.17, 15) is 4.79 Å². The summed E-state index contributed by atoms with van der Waals surface area (Å²) in [7, 11) is 1.52. The molecule has 17 heavy (non-hydrogen) atoms. The molecular formula is C11H14N4O2. The number of carbonyl (C=O) groups is 1. The van der Waals surface area contributed by atoms with E-state index in [1.807, 2.05) is 6.92 Å². The summed E-state index contributed by atoms with van der Waals surface area (Å²) >= 11 is 0. The standard InChI is InChI=1S/C11H14N4O2/c1-11(6-3-4-6)10(16)14-7-8(15-11)12-5-13-9(7)17-2/h5-6H,3-4H2,1-2H3,(H,14,16)(H,12,13,15). The van der Waals surface area contributed by atoms with Gasteiger partial charge in [0.25, 0.3) is 0 Å². The Hall–Kier alpha value is -1.85. The molecule has 0 aromatic carbocycles. The fraction of sp³-hybridized carbons (Fsp3) is 0.545. The second-order valence-corrected chi connectivity index (χ2v) is 4.66. The number of carbonyl (C=O) groups excluding carboxylic acids is 1. The highest BCUT2D eigenvalue weighted by Crippen LogP contribution is 2.45. The molecule has 6 nitrogen and oxygen atoms in total. The van der Waals surface area contributed by atoms with Crippen molar-refractivity contribution in [2.24, 2.45) is 5.92 Å². The van der Waals surface area contributed by atoms with Gasteiger partial charge in [-0.25, -0.2) is 4.98 Å². The zero-order valence-electron chi connectivity index (χ0n) is 9.78. The number of hydrogen-bond donors (Lipinski definition) is 2. The summed E-state index contributed by atoms with van der Waals surface area (Å²) in [6.07, 6.45) is 3.58. The Morgan fingerprint density at radius 1 is 1.47 bits per heavy atom. The molecule has 1 aliphatic heterocycles. The Kier molecular flexibility index (Phi) is 2.01. The first-order valence-corrected chi connectivity index (χ1v) is 5.64. The SMILES string of the molecule is COc1ncnc2c1NC(=O)C(C)(C1CC1)N2. The van der Waals surface area contributed by atoms with Gasteiger partial charge in [0, 0.05) is 0 Å². The minimum atomic E-state index is -0.563. The van der Waals surface area contributed by atoms with Crippen molar-refractivity contribution in [3.63, 3.8) is 0 Å². The Bertz CT molecular complexity index is 486. The zero-order valence-corrected chi connectivity index (χ0v) is 9.78. The molecule has 0 bridgehead atoms. The van der Waals surface area contributed by atoms with Gasteiger partial charge in [-0.05, 0) is 25.7 Å². The summed E-state index contributed by atoms with van der Waals surface area (Å²) in [5, 5.41) is 6.06. The van der Waals surface area contributed by atoms with Crippen molar-refractivity contribution >= 4 is 17.4 Å². The predicted octanol–water partition coefficient (Wildman–Crippen LogP) is 1.02. The van der Waals surface area contributed by atoms with Crippen LogP contribution in [0.1, 0.15) is 19.8 Å². The molecule has 90 valence electrons. The third kappa shape index (κ3) is 1.44. The minimum absolute atomic E-state index is 0.0411. The van der Waals surface area contributed by atoms with Crippen LogP contribution in [-0.2, 0) is 4.79 Å². The van der Waals surface area contributed by atoms with Gasteiger partial charge in [0.15, 0.2) is 5.82 Å². The molecule has 1 atom stereocenters. The molecule has 1 amide bonds. The third-order valence-electron chi connectivity index (χ3n) is 3.49. The molecule has 6 heteroatoms. The monoisotopic (exact) mass is 234 g/mol. The van der Waals surface area contributed by atoms with Gasteiger partial charge in [0.1, 0.15) is 17.6 Å². The van der Waals surface area contributed by atoms with Crippen molar-refractivity contribution in [3.8, 4) is 5.88 Å². The number of nitrogens with zero attached hydrogens (tertiary/aromatic N) is 2. The quantitative estimate of drug-likeness (QED) is 0.799. The van der Waals surface area contributed by atoms with Crippen LogP contribution >= 0.6 is 0 Å². The number of hydrogen-bond acceptors (Lipinski definition) is 5. The van der Waals surface area contributed by atoms with Crippen LogP contribution in [0.2, 0.25) is 0 Å². The van der Waals surface area contributed by atoms with E-state index in [2.05, 4.69) is 20.6 Å². The van der Waals surface area contributed by atoms with Crippen molar-refractivity contribution in [2.75, 3.05) is 17.7 Å². The van der Waals surface area contributed by atoms with Crippen LogP contribution < -0.4 is 15.4 Å². The number of amides is 1. The molecule has 2 aliphatic rings. The minimum Gasteiger partial charge on any atom is -0.479 e. The molecule has 1 saturated carbocycles. The van der Waals surface area contributed by atoms with Gasteiger partial charge in [-0.3, -0.25) is 4.79 Å². The van der Waals surface area contributed by atoms with Crippen LogP contribution in [0.25, 0.3) is 0 Å². The first-order valence-electron chi connectivity index (χ1n) is 5.64. The van der Waals surface area contributed by atoms with Crippen LogP contribution in [0.3, 0.4) is 0 Å². The second kappa shape index (κ2) is 3.32. The lowest BCUT2D eigenvalue weighted by Gasteiger charge is -2.35. The maximum absolute atomic E-state index is 12.1. The van der Waals surface area contributed by atoms with Gasteiger partial charge in [0.05, 0.1) is 7.11 Å². The van der Waals surface area contributed by atoms with E-state index in [-0.39, 0.29) is 5.91 Å². The first kappa shape index (κ1) is 10.3.